The molecular weight excluding hydrogens is 775 g/mol. The van der Waals surface area contributed by atoms with E-state index in [0.29, 0.717) is 5.92 Å². The lowest BCUT2D eigenvalue weighted by atomic mass is 9.67. The van der Waals surface area contributed by atoms with E-state index >= 15 is 0 Å². The summed E-state index contributed by atoms with van der Waals surface area (Å²) in [4.78, 5) is 7.78. The van der Waals surface area contributed by atoms with Crippen molar-refractivity contribution < 1.29 is 0 Å². The molecule has 0 radical (unpaired) electrons. The number of para-hydroxylation sites is 2. The zero-order chi connectivity index (χ0) is 43.2. The van der Waals surface area contributed by atoms with Gasteiger partial charge in [-0.1, -0.05) is 179 Å². The third kappa shape index (κ3) is 5.77. The van der Waals surface area contributed by atoms with E-state index < -0.39 is 5.41 Å². The van der Waals surface area contributed by atoms with Gasteiger partial charge in [0, 0.05) is 39.1 Å². The average molecular weight is 824 g/mol. The van der Waals surface area contributed by atoms with Gasteiger partial charge < -0.3 is 9.47 Å². The normalized spacial score (nSPS) is 17.1. The Morgan fingerprint density at radius 1 is 0.578 bits per heavy atom. The molecule has 3 aliphatic carbocycles. The molecule has 1 spiro atoms. The summed E-state index contributed by atoms with van der Waals surface area (Å²) < 4.78 is 2.61. The molecule has 3 heteroatoms. The minimum Gasteiger partial charge on any atom is -0.310 e. The van der Waals surface area contributed by atoms with Gasteiger partial charge in [-0.15, -0.1) is 0 Å². The van der Waals surface area contributed by atoms with Crippen molar-refractivity contribution in [2.24, 2.45) is 5.92 Å². The minimum absolute atomic E-state index is 0.0354. The highest BCUT2D eigenvalue weighted by Crippen LogP contribution is 2.66. The van der Waals surface area contributed by atoms with E-state index in [1.165, 1.54) is 61.1 Å². The van der Waals surface area contributed by atoms with Gasteiger partial charge in [0.25, 0.3) is 0 Å². The van der Waals surface area contributed by atoms with Gasteiger partial charge >= 0.3 is 0 Å². The Bertz CT molecular complexity index is 3240. The molecule has 2 unspecified atom stereocenters. The van der Waals surface area contributed by atoms with Crippen LogP contribution in [0.25, 0.3) is 55.8 Å². The molecule has 64 heavy (non-hydrogen) atoms. The SMILES string of the molecule is CC1C=CC2=C(C1)c1c(c3cc(N(c4ccccc4)c4ccccc4)ccc3n1-c1cc(-c3ccccc3)nc(-c3ccccc3)c1)C21c2ccccc2-c2ccc(C(C)(C)C)cc21. The molecule has 2 atom stereocenters. The maximum absolute atomic E-state index is 5.38. The summed E-state index contributed by atoms with van der Waals surface area (Å²) in [5.74, 6) is 0.379. The standard InChI is InChI=1S/C61H49N3/c1-40-29-33-53-50(35-40)59-58(61(53)52-28-18-17-27-48(52)49-32-30-43(36-54(49)61)60(2,3)4)51-37-46(63(44-23-13-7-14-24-44)45-25-15-8-16-26-45)31-34-57(51)64(59)47-38-55(41-19-9-5-10-20-41)62-56(39-47)42-21-11-6-12-22-42/h5-34,36-40H,35H2,1-4H3. The smallest absolute Gasteiger partial charge is 0.0744 e. The van der Waals surface area contributed by atoms with Gasteiger partial charge in [0.2, 0.25) is 0 Å². The molecule has 7 aromatic carbocycles. The quantitative estimate of drug-likeness (QED) is 0.167. The van der Waals surface area contributed by atoms with E-state index in [2.05, 4.69) is 243 Å². The van der Waals surface area contributed by atoms with Crippen molar-refractivity contribution in [1.29, 1.82) is 0 Å². The topological polar surface area (TPSA) is 21.1 Å². The molecule has 3 aliphatic rings. The van der Waals surface area contributed by atoms with E-state index in [9.17, 15) is 0 Å². The lowest BCUT2D eigenvalue weighted by Crippen LogP contribution is -2.28. The van der Waals surface area contributed by atoms with Crippen LogP contribution in [0.1, 0.15) is 62.1 Å². The summed E-state index contributed by atoms with van der Waals surface area (Å²) in [7, 11) is 0. The fourth-order valence-corrected chi connectivity index (χ4v) is 11.0. The van der Waals surface area contributed by atoms with Gasteiger partial charge in [-0.25, -0.2) is 4.98 Å². The number of aromatic nitrogens is 2. The molecule has 9 aromatic rings. The van der Waals surface area contributed by atoms with E-state index in [4.69, 9.17) is 4.98 Å². The Hall–Kier alpha value is -7.49. The third-order valence-electron chi connectivity index (χ3n) is 13.9. The van der Waals surface area contributed by atoms with Crippen molar-refractivity contribution in [3.05, 3.63) is 240 Å². The molecule has 2 heterocycles. The van der Waals surface area contributed by atoms with Gasteiger partial charge in [-0.05, 0) is 111 Å². The molecule has 12 rings (SSSR count). The first-order valence-corrected chi connectivity index (χ1v) is 22.7. The van der Waals surface area contributed by atoms with Crippen LogP contribution in [0, 0.1) is 5.92 Å². The molecule has 308 valence electrons. The van der Waals surface area contributed by atoms with Crippen molar-refractivity contribution in [2.45, 2.75) is 44.9 Å². The largest absolute Gasteiger partial charge is 0.310 e. The summed E-state index contributed by atoms with van der Waals surface area (Å²) >= 11 is 0. The molecule has 0 aliphatic heterocycles. The Morgan fingerprint density at radius 2 is 1.16 bits per heavy atom. The second-order valence-corrected chi connectivity index (χ2v) is 18.8. The Labute approximate surface area is 376 Å². The van der Waals surface area contributed by atoms with E-state index in [0.717, 1.165) is 51.7 Å². The van der Waals surface area contributed by atoms with Crippen molar-refractivity contribution in [3.8, 4) is 39.3 Å². The summed E-state index contributed by atoms with van der Waals surface area (Å²) in [5, 5.41) is 1.25. The monoisotopic (exact) mass is 823 g/mol. The molecule has 2 aromatic heterocycles. The highest BCUT2D eigenvalue weighted by atomic mass is 15.1. The zero-order valence-corrected chi connectivity index (χ0v) is 36.8. The van der Waals surface area contributed by atoms with Crippen LogP contribution in [0.4, 0.5) is 17.1 Å². The molecule has 0 saturated heterocycles. The molecule has 3 nitrogen and oxygen atoms in total. The highest BCUT2D eigenvalue weighted by molar-refractivity contribution is 6.06. The molecule has 0 bridgehead atoms. The lowest BCUT2D eigenvalue weighted by Gasteiger charge is -2.34. The number of hydrogen-bond donors (Lipinski definition) is 0. The van der Waals surface area contributed by atoms with Crippen LogP contribution < -0.4 is 4.90 Å². The van der Waals surface area contributed by atoms with E-state index in [-0.39, 0.29) is 5.41 Å². The number of allylic oxidation sites excluding steroid dienone is 4. The van der Waals surface area contributed by atoms with Crippen molar-refractivity contribution in [3.63, 3.8) is 0 Å². The Balaban J connectivity index is 1.25. The van der Waals surface area contributed by atoms with Crippen molar-refractivity contribution in [2.75, 3.05) is 4.90 Å². The van der Waals surface area contributed by atoms with Gasteiger partial charge in [0.1, 0.15) is 0 Å². The summed E-state index contributed by atoms with van der Waals surface area (Å²) in [6.45, 7) is 9.40. The van der Waals surface area contributed by atoms with Crippen molar-refractivity contribution >= 4 is 33.5 Å². The average Bonchev–Trinajstić information content (AvgIpc) is 3.93. The molecule has 0 fully saturated rings. The first kappa shape index (κ1) is 38.2. The van der Waals surface area contributed by atoms with Crippen LogP contribution in [0.5, 0.6) is 0 Å². The Morgan fingerprint density at radius 3 is 1.78 bits per heavy atom. The first-order valence-electron chi connectivity index (χ1n) is 22.7. The van der Waals surface area contributed by atoms with Crippen LogP contribution in [0.15, 0.2) is 212 Å². The molecule has 0 saturated carbocycles. The summed E-state index contributed by atoms with van der Waals surface area (Å²) in [6.07, 6.45) is 5.90. The second-order valence-electron chi connectivity index (χ2n) is 18.8. The third-order valence-corrected chi connectivity index (χ3v) is 13.9. The first-order chi connectivity index (χ1) is 31.3. The number of anilines is 3. The van der Waals surface area contributed by atoms with Crippen LogP contribution >= 0.6 is 0 Å². The molecule has 0 amide bonds. The summed E-state index contributed by atoms with van der Waals surface area (Å²) in [6, 6.07) is 71.3. The van der Waals surface area contributed by atoms with Gasteiger partial charge in [0.05, 0.1) is 33.7 Å². The van der Waals surface area contributed by atoms with Gasteiger partial charge in [-0.3, -0.25) is 0 Å². The maximum Gasteiger partial charge on any atom is 0.0744 e. The number of pyridine rings is 1. The zero-order valence-electron chi connectivity index (χ0n) is 36.8. The number of nitrogens with zero attached hydrogens (tertiary/aromatic N) is 3. The lowest BCUT2D eigenvalue weighted by molar-refractivity contribution is 0.588. The van der Waals surface area contributed by atoms with Crippen LogP contribution in [-0.4, -0.2) is 9.55 Å². The molecular formula is C61H49N3. The van der Waals surface area contributed by atoms with Crippen molar-refractivity contribution in [1.82, 2.24) is 9.55 Å². The second kappa shape index (κ2) is 14.5. The minimum atomic E-state index is -0.543. The Kier molecular flexibility index (Phi) is 8.68. The van der Waals surface area contributed by atoms with Gasteiger partial charge in [0.15, 0.2) is 0 Å². The maximum atomic E-state index is 5.38. The number of rotatable bonds is 6. The van der Waals surface area contributed by atoms with Crippen LogP contribution in [0.2, 0.25) is 0 Å². The van der Waals surface area contributed by atoms with E-state index in [1.54, 1.807) is 0 Å². The fourth-order valence-electron chi connectivity index (χ4n) is 11.0. The predicted molar refractivity (Wildman–Crippen MR) is 267 cm³/mol. The number of hydrogen-bond acceptors (Lipinski definition) is 2. The van der Waals surface area contributed by atoms with Crippen LogP contribution in [0.3, 0.4) is 0 Å². The van der Waals surface area contributed by atoms with E-state index in [1.807, 2.05) is 0 Å². The van der Waals surface area contributed by atoms with Crippen LogP contribution in [-0.2, 0) is 10.8 Å². The fraction of sp³-hybridized carbons (Fsp3) is 0.131. The van der Waals surface area contributed by atoms with Gasteiger partial charge in [-0.2, -0.15) is 0 Å². The summed E-state index contributed by atoms with van der Waals surface area (Å²) in [5.41, 5.74) is 21.4. The number of fused-ring (bicyclic) bond motifs is 11. The highest BCUT2D eigenvalue weighted by Gasteiger charge is 2.55. The predicted octanol–water partition coefficient (Wildman–Crippen LogP) is 15.8. The molecule has 0 N–H and O–H groups in total. The number of benzene rings is 7.